The molecule has 1 aliphatic rings. The molecule has 0 aliphatic carbocycles. The standard InChI is InChI=1S/C17H17N3O6S/c1-27(21,22)20(10-13-3-2-6-23-13)11-16-18-17(19-26-16)12-4-5-14-15(9-12)25-8-7-24-14/h2-6,9H,7-8,10-11H2,1H3. The number of sulfonamides is 1. The minimum absolute atomic E-state index is 0.0584. The highest BCUT2D eigenvalue weighted by atomic mass is 32.2. The van der Waals surface area contributed by atoms with Crippen molar-refractivity contribution in [3.8, 4) is 22.9 Å². The fourth-order valence-corrected chi connectivity index (χ4v) is 3.34. The van der Waals surface area contributed by atoms with Gasteiger partial charge in [-0.05, 0) is 30.3 Å². The van der Waals surface area contributed by atoms with E-state index in [2.05, 4.69) is 10.1 Å². The second kappa shape index (κ2) is 7.05. The SMILES string of the molecule is CS(=O)(=O)N(Cc1ccco1)Cc1nc(-c2ccc3c(c2)OCCO3)no1. The Kier molecular flexibility index (Phi) is 4.58. The van der Waals surface area contributed by atoms with E-state index in [0.29, 0.717) is 41.9 Å². The molecule has 0 fully saturated rings. The van der Waals surface area contributed by atoms with Gasteiger partial charge in [-0.15, -0.1) is 0 Å². The molecule has 0 bridgehead atoms. The Hall–Kier alpha value is -2.85. The Bertz CT molecular complexity index is 1030. The van der Waals surface area contributed by atoms with Crippen LogP contribution in [0.25, 0.3) is 11.4 Å². The predicted molar refractivity (Wildman–Crippen MR) is 93.5 cm³/mol. The summed E-state index contributed by atoms with van der Waals surface area (Å²) in [4.78, 5) is 4.30. The summed E-state index contributed by atoms with van der Waals surface area (Å²) < 4.78 is 46.8. The van der Waals surface area contributed by atoms with Crippen molar-refractivity contribution in [3.05, 3.63) is 48.2 Å². The molecule has 3 aromatic rings. The summed E-state index contributed by atoms with van der Waals surface area (Å²) in [6.07, 6.45) is 2.61. The smallest absolute Gasteiger partial charge is 0.242 e. The number of hydrogen-bond acceptors (Lipinski definition) is 8. The van der Waals surface area contributed by atoms with Crippen molar-refractivity contribution in [2.24, 2.45) is 0 Å². The molecule has 0 saturated heterocycles. The molecule has 0 N–H and O–H groups in total. The molecule has 3 heterocycles. The van der Waals surface area contributed by atoms with Crippen molar-refractivity contribution in [2.45, 2.75) is 13.1 Å². The molecule has 0 spiro atoms. The summed E-state index contributed by atoms with van der Waals surface area (Å²) in [6, 6.07) is 8.73. The molecule has 2 aromatic heterocycles. The summed E-state index contributed by atoms with van der Waals surface area (Å²) in [5.74, 6) is 2.31. The van der Waals surface area contributed by atoms with Crippen LogP contribution in [0.15, 0.2) is 45.5 Å². The summed E-state index contributed by atoms with van der Waals surface area (Å²) in [6.45, 7) is 1.00. The van der Waals surface area contributed by atoms with Gasteiger partial charge in [0.2, 0.25) is 21.7 Å². The molecule has 10 heteroatoms. The minimum Gasteiger partial charge on any atom is -0.486 e. The zero-order valence-corrected chi connectivity index (χ0v) is 15.3. The van der Waals surface area contributed by atoms with Crippen LogP contribution in [-0.4, -0.2) is 42.3 Å². The molecule has 0 amide bonds. The van der Waals surface area contributed by atoms with Crippen LogP contribution in [0.1, 0.15) is 11.7 Å². The summed E-state index contributed by atoms with van der Waals surface area (Å²) in [5.41, 5.74) is 0.686. The number of ether oxygens (including phenoxy) is 2. The normalized spacial score (nSPS) is 13.9. The number of aromatic nitrogens is 2. The third-order valence-corrected chi connectivity index (χ3v) is 5.16. The van der Waals surface area contributed by atoms with Crippen molar-refractivity contribution in [1.82, 2.24) is 14.4 Å². The van der Waals surface area contributed by atoms with Gasteiger partial charge in [0.15, 0.2) is 11.5 Å². The molecule has 0 saturated carbocycles. The molecular weight excluding hydrogens is 374 g/mol. The highest BCUT2D eigenvalue weighted by molar-refractivity contribution is 7.88. The number of benzene rings is 1. The number of nitrogens with zero attached hydrogens (tertiary/aromatic N) is 3. The molecule has 0 atom stereocenters. The highest BCUT2D eigenvalue weighted by Gasteiger charge is 2.22. The lowest BCUT2D eigenvalue weighted by molar-refractivity contribution is 0.171. The van der Waals surface area contributed by atoms with E-state index in [0.717, 1.165) is 6.26 Å². The van der Waals surface area contributed by atoms with Crippen LogP contribution in [0, 0.1) is 0 Å². The Morgan fingerprint density at radius 1 is 1.11 bits per heavy atom. The van der Waals surface area contributed by atoms with Gasteiger partial charge in [0, 0.05) is 5.56 Å². The number of hydrogen-bond donors (Lipinski definition) is 0. The Morgan fingerprint density at radius 3 is 2.67 bits per heavy atom. The van der Waals surface area contributed by atoms with E-state index in [-0.39, 0.29) is 19.0 Å². The average molecular weight is 391 g/mol. The predicted octanol–water partition coefficient (Wildman–Crippen LogP) is 2.06. The van der Waals surface area contributed by atoms with Gasteiger partial charge in [-0.25, -0.2) is 8.42 Å². The molecular formula is C17H17N3O6S. The summed E-state index contributed by atoms with van der Waals surface area (Å²) in [5, 5.41) is 3.94. The highest BCUT2D eigenvalue weighted by Crippen LogP contribution is 2.33. The topological polar surface area (TPSA) is 108 Å². The molecule has 1 aliphatic heterocycles. The second-order valence-corrected chi connectivity index (χ2v) is 7.96. The van der Waals surface area contributed by atoms with Crippen molar-refractivity contribution in [1.29, 1.82) is 0 Å². The first-order valence-electron chi connectivity index (χ1n) is 8.19. The van der Waals surface area contributed by atoms with Crippen molar-refractivity contribution in [3.63, 3.8) is 0 Å². The van der Waals surface area contributed by atoms with Gasteiger partial charge in [-0.2, -0.15) is 9.29 Å². The van der Waals surface area contributed by atoms with E-state index in [1.165, 1.54) is 10.6 Å². The van der Waals surface area contributed by atoms with E-state index < -0.39 is 10.0 Å². The number of furan rings is 1. The van der Waals surface area contributed by atoms with Gasteiger partial charge >= 0.3 is 0 Å². The molecule has 1 aromatic carbocycles. The maximum Gasteiger partial charge on any atom is 0.242 e. The molecule has 9 nitrogen and oxygen atoms in total. The maximum absolute atomic E-state index is 12.1. The largest absolute Gasteiger partial charge is 0.486 e. The van der Waals surface area contributed by atoms with Crippen molar-refractivity contribution < 1.29 is 26.8 Å². The van der Waals surface area contributed by atoms with Crippen LogP contribution in [0.2, 0.25) is 0 Å². The zero-order chi connectivity index (χ0) is 18.9. The quantitative estimate of drug-likeness (QED) is 0.628. The van der Waals surface area contributed by atoms with Gasteiger partial charge in [0.05, 0.1) is 25.6 Å². The molecule has 27 heavy (non-hydrogen) atoms. The first-order valence-corrected chi connectivity index (χ1v) is 10.0. The lowest BCUT2D eigenvalue weighted by Gasteiger charge is -2.18. The first kappa shape index (κ1) is 17.6. The Morgan fingerprint density at radius 2 is 1.93 bits per heavy atom. The summed E-state index contributed by atoms with van der Waals surface area (Å²) >= 11 is 0. The molecule has 142 valence electrons. The molecule has 0 unspecified atom stereocenters. The monoisotopic (exact) mass is 391 g/mol. The van der Waals surface area contributed by atoms with Gasteiger partial charge in [0.25, 0.3) is 0 Å². The van der Waals surface area contributed by atoms with E-state index in [1.807, 2.05) is 0 Å². The van der Waals surface area contributed by atoms with E-state index in [9.17, 15) is 8.42 Å². The first-order chi connectivity index (χ1) is 13.0. The zero-order valence-electron chi connectivity index (χ0n) is 14.5. The van der Waals surface area contributed by atoms with Gasteiger partial charge in [0.1, 0.15) is 19.0 Å². The lowest BCUT2D eigenvalue weighted by atomic mass is 10.2. The molecule has 0 radical (unpaired) electrons. The van der Waals surface area contributed by atoms with Crippen molar-refractivity contribution >= 4 is 10.0 Å². The maximum atomic E-state index is 12.1. The summed E-state index contributed by atoms with van der Waals surface area (Å²) in [7, 11) is -3.50. The third-order valence-electron chi connectivity index (χ3n) is 3.96. The van der Waals surface area contributed by atoms with Crippen LogP contribution >= 0.6 is 0 Å². The minimum atomic E-state index is -3.50. The van der Waals surface area contributed by atoms with Gasteiger partial charge in [-0.3, -0.25) is 0 Å². The second-order valence-electron chi connectivity index (χ2n) is 5.98. The lowest BCUT2D eigenvalue weighted by Crippen LogP contribution is -2.29. The third kappa shape index (κ3) is 3.96. The fourth-order valence-electron chi connectivity index (χ4n) is 2.64. The van der Waals surface area contributed by atoms with Crippen molar-refractivity contribution in [2.75, 3.05) is 19.5 Å². The van der Waals surface area contributed by atoms with Gasteiger partial charge in [-0.1, -0.05) is 5.16 Å². The van der Waals surface area contributed by atoms with Crippen LogP contribution < -0.4 is 9.47 Å². The number of rotatable bonds is 6. The number of fused-ring (bicyclic) bond motifs is 1. The fraction of sp³-hybridized carbons (Fsp3) is 0.294. The van der Waals surface area contributed by atoms with Crippen LogP contribution in [0.4, 0.5) is 0 Å². The van der Waals surface area contributed by atoms with E-state index in [1.54, 1.807) is 30.3 Å². The van der Waals surface area contributed by atoms with Gasteiger partial charge < -0.3 is 18.4 Å². The average Bonchev–Trinajstić information content (AvgIpc) is 3.32. The van der Waals surface area contributed by atoms with Crippen LogP contribution in [0.3, 0.4) is 0 Å². The van der Waals surface area contributed by atoms with Crippen LogP contribution in [-0.2, 0) is 23.1 Å². The Labute approximate surface area is 155 Å². The van der Waals surface area contributed by atoms with E-state index in [4.69, 9.17) is 18.4 Å². The molecule has 4 rings (SSSR count). The van der Waals surface area contributed by atoms with E-state index >= 15 is 0 Å². The Balaban J connectivity index is 1.54. The van der Waals surface area contributed by atoms with Crippen LogP contribution in [0.5, 0.6) is 11.5 Å².